The Morgan fingerprint density at radius 1 is 1.40 bits per heavy atom. The van der Waals surface area contributed by atoms with Gasteiger partial charge < -0.3 is 14.3 Å². The number of nitrogens with zero attached hydrogens (tertiary/aromatic N) is 1. The number of hydrogen-bond donors (Lipinski definition) is 1. The molecule has 0 heterocycles. The largest absolute Gasteiger partial charge is 0.391 e. The highest BCUT2D eigenvalue weighted by atomic mass is 16.5. The lowest BCUT2D eigenvalue weighted by atomic mass is 10.2. The molecular weight excluding hydrogens is 190 g/mol. The molecule has 3 nitrogen and oxygen atoms in total. The summed E-state index contributed by atoms with van der Waals surface area (Å²) < 4.78 is 6.60. The minimum absolute atomic E-state index is 0.104. The minimum atomic E-state index is -0.428. The second-order valence-electron chi connectivity index (χ2n) is 4.69. The average Bonchev–Trinajstić information content (AvgIpc) is 2.12. The summed E-state index contributed by atoms with van der Waals surface area (Å²) in [6.07, 6.45) is 2.38. The number of hydrogen-bond acceptors (Lipinski definition) is 2. The number of rotatable bonds is 7. The lowest BCUT2D eigenvalue weighted by molar-refractivity contribution is -0.933. The van der Waals surface area contributed by atoms with Gasteiger partial charge in [-0.1, -0.05) is 13.5 Å². The second kappa shape index (κ2) is 6.26. The van der Waals surface area contributed by atoms with E-state index >= 15 is 0 Å². The normalized spacial score (nSPS) is 18.3. The minimum Gasteiger partial charge on any atom is -0.391 e. The van der Waals surface area contributed by atoms with Gasteiger partial charge in [-0.15, -0.1) is 0 Å². The van der Waals surface area contributed by atoms with E-state index < -0.39 is 6.10 Å². The molecule has 0 saturated heterocycles. The molecule has 0 aliphatic rings. The smallest absolute Gasteiger partial charge is 0.193 e. The van der Waals surface area contributed by atoms with E-state index in [0.29, 0.717) is 0 Å². The van der Waals surface area contributed by atoms with Gasteiger partial charge in [0.1, 0.15) is 0 Å². The van der Waals surface area contributed by atoms with Crippen LogP contribution in [0.3, 0.4) is 0 Å². The number of aliphatic hydroxyl groups is 1. The van der Waals surface area contributed by atoms with Crippen molar-refractivity contribution in [3.05, 3.63) is 12.7 Å². The van der Waals surface area contributed by atoms with Crippen molar-refractivity contribution in [1.29, 1.82) is 0 Å². The van der Waals surface area contributed by atoms with E-state index in [9.17, 15) is 5.11 Å². The topological polar surface area (TPSA) is 29.5 Å². The molecule has 0 fully saturated rings. The van der Waals surface area contributed by atoms with Crippen LogP contribution >= 0.6 is 0 Å². The summed E-state index contributed by atoms with van der Waals surface area (Å²) in [5, 5.41) is 9.41. The Labute approximate surface area is 93.9 Å². The molecule has 0 radical (unpaired) electrons. The molecule has 3 heteroatoms. The van der Waals surface area contributed by atoms with E-state index in [-0.39, 0.29) is 12.3 Å². The fraction of sp³-hybridized carbons (Fsp3) is 0.833. The summed E-state index contributed by atoms with van der Waals surface area (Å²) in [6.45, 7) is 10.4. The predicted octanol–water partition coefficient (Wildman–Crippen LogP) is 1.77. The van der Waals surface area contributed by atoms with E-state index in [0.717, 1.165) is 17.4 Å². The quantitative estimate of drug-likeness (QED) is 0.399. The Balaban J connectivity index is 4.41. The summed E-state index contributed by atoms with van der Waals surface area (Å²) in [7, 11) is 4.23. The second-order valence-corrected chi connectivity index (χ2v) is 4.69. The van der Waals surface area contributed by atoms with Gasteiger partial charge in [0.15, 0.2) is 6.23 Å². The zero-order valence-corrected chi connectivity index (χ0v) is 10.7. The first kappa shape index (κ1) is 14.6. The summed E-state index contributed by atoms with van der Waals surface area (Å²) >= 11 is 0. The van der Waals surface area contributed by atoms with Crippen LogP contribution in [0.5, 0.6) is 0 Å². The molecule has 0 saturated carbocycles. The molecule has 0 bridgehead atoms. The van der Waals surface area contributed by atoms with Crippen molar-refractivity contribution in [3.8, 4) is 0 Å². The third-order valence-electron chi connectivity index (χ3n) is 2.78. The van der Waals surface area contributed by atoms with E-state index in [1.165, 1.54) is 0 Å². The van der Waals surface area contributed by atoms with Crippen molar-refractivity contribution in [2.75, 3.05) is 20.6 Å². The molecule has 1 N–H and O–H groups in total. The summed E-state index contributed by atoms with van der Waals surface area (Å²) in [4.78, 5) is 0. The van der Waals surface area contributed by atoms with Crippen LogP contribution in [0.1, 0.15) is 27.2 Å². The van der Waals surface area contributed by atoms with Crippen molar-refractivity contribution in [3.63, 3.8) is 0 Å². The highest BCUT2D eigenvalue weighted by molar-refractivity contribution is 4.66. The van der Waals surface area contributed by atoms with E-state index in [1.807, 2.05) is 13.0 Å². The molecule has 0 aromatic carbocycles. The lowest BCUT2D eigenvalue weighted by Crippen LogP contribution is -2.51. The van der Waals surface area contributed by atoms with Crippen LogP contribution in [0.25, 0.3) is 0 Å². The van der Waals surface area contributed by atoms with Crippen LogP contribution in [0.2, 0.25) is 0 Å². The van der Waals surface area contributed by atoms with Gasteiger partial charge in [-0.3, -0.25) is 0 Å². The van der Waals surface area contributed by atoms with Crippen molar-refractivity contribution in [2.45, 2.75) is 45.6 Å². The predicted molar refractivity (Wildman–Crippen MR) is 63.5 cm³/mol. The third-order valence-corrected chi connectivity index (χ3v) is 2.78. The van der Waals surface area contributed by atoms with E-state index in [2.05, 4.69) is 27.6 Å². The van der Waals surface area contributed by atoms with Crippen LogP contribution in [0.4, 0.5) is 0 Å². The van der Waals surface area contributed by atoms with Gasteiger partial charge in [0, 0.05) is 6.42 Å². The molecule has 0 aliphatic carbocycles. The van der Waals surface area contributed by atoms with Gasteiger partial charge in [0.2, 0.25) is 0 Å². The number of quaternary nitrogens is 1. The van der Waals surface area contributed by atoms with Crippen LogP contribution < -0.4 is 0 Å². The van der Waals surface area contributed by atoms with Crippen molar-refractivity contribution in [2.24, 2.45) is 0 Å². The molecule has 0 spiro atoms. The van der Waals surface area contributed by atoms with Crippen LogP contribution in [-0.2, 0) is 4.74 Å². The summed E-state index contributed by atoms with van der Waals surface area (Å²) in [5.41, 5.74) is 0. The zero-order chi connectivity index (χ0) is 12.1. The molecule has 15 heavy (non-hydrogen) atoms. The molecule has 3 atom stereocenters. The van der Waals surface area contributed by atoms with Gasteiger partial charge in [-0.2, -0.15) is 0 Å². The Kier molecular flexibility index (Phi) is 6.10. The van der Waals surface area contributed by atoms with Crippen molar-refractivity contribution in [1.82, 2.24) is 0 Å². The van der Waals surface area contributed by atoms with Gasteiger partial charge in [0.25, 0.3) is 0 Å². The van der Waals surface area contributed by atoms with Crippen molar-refractivity contribution >= 4 is 0 Å². The number of aliphatic hydroxyl groups excluding tert-OH is 1. The van der Waals surface area contributed by atoms with Gasteiger partial charge in [-0.25, -0.2) is 0 Å². The Hall–Kier alpha value is -0.380. The molecule has 3 unspecified atom stereocenters. The summed E-state index contributed by atoms with van der Waals surface area (Å²) in [6, 6.07) is 0. The first-order chi connectivity index (χ1) is 6.85. The number of likely N-dealkylation sites (N-methyl/N-ethyl adjacent to an activating group) is 1. The molecule has 0 rings (SSSR count). The Morgan fingerprint density at radius 2 is 1.93 bits per heavy atom. The van der Waals surface area contributed by atoms with Gasteiger partial charge >= 0.3 is 0 Å². The van der Waals surface area contributed by atoms with Crippen molar-refractivity contribution < 1.29 is 14.3 Å². The van der Waals surface area contributed by atoms with Gasteiger partial charge in [0.05, 0.1) is 32.8 Å². The zero-order valence-electron chi connectivity index (χ0n) is 10.7. The summed E-state index contributed by atoms with van der Waals surface area (Å²) in [5.74, 6) is 0. The SMILES string of the molecule is C=CC[N+](C)(C)C(CC)OC(C)C(C)O. The Morgan fingerprint density at radius 3 is 2.27 bits per heavy atom. The van der Waals surface area contributed by atoms with Crippen LogP contribution in [0.15, 0.2) is 12.7 Å². The maximum atomic E-state index is 9.41. The first-order valence-electron chi connectivity index (χ1n) is 5.62. The highest BCUT2D eigenvalue weighted by Crippen LogP contribution is 2.15. The van der Waals surface area contributed by atoms with Crippen LogP contribution in [0, 0.1) is 0 Å². The molecule has 0 aromatic heterocycles. The monoisotopic (exact) mass is 216 g/mol. The van der Waals surface area contributed by atoms with Crippen LogP contribution in [-0.4, -0.2) is 48.7 Å². The maximum Gasteiger partial charge on any atom is 0.193 e. The number of ether oxygens (including phenoxy) is 1. The molecule has 0 aliphatic heterocycles. The Bertz CT molecular complexity index is 190. The average molecular weight is 216 g/mol. The maximum absolute atomic E-state index is 9.41. The highest BCUT2D eigenvalue weighted by Gasteiger charge is 2.28. The standard InChI is InChI=1S/C12H26NO2/c1-7-9-13(5,6)12(8-2)15-11(4)10(3)14/h7,10-12,14H,1,8-9H2,2-6H3/q+1. The molecule has 0 aromatic rings. The lowest BCUT2D eigenvalue weighted by Gasteiger charge is -2.38. The third kappa shape index (κ3) is 4.78. The van der Waals surface area contributed by atoms with E-state index in [1.54, 1.807) is 6.92 Å². The molecule has 0 amide bonds. The fourth-order valence-corrected chi connectivity index (χ4v) is 1.57. The molecular formula is C12H26NO2+. The molecule has 90 valence electrons. The first-order valence-corrected chi connectivity index (χ1v) is 5.62. The van der Waals surface area contributed by atoms with E-state index in [4.69, 9.17) is 4.74 Å². The van der Waals surface area contributed by atoms with Gasteiger partial charge in [-0.05, 0) is 19.9 Å². The fourth-order valence-electron chi connectivity index (χ4n) is 1.57.